The predicted octanol–water partition coefficient (Wildman–Crippen LogP) is -0.510. The summed E-state index contributed by atoms with van der Waals surface area (Å²) in [5, 5.41) is 15.7. The molecule has 1 aromatic heterocycles. The molecular formula is C8H12N2O5S. The molecule has 0 aliphatic heterocycles. The molecule has 16 heavy (non-hydrogen) atoms. The van der Waals surface area contributed by atoms with Crippen molar-refractivity contribution in [3.05, 3.63) is 17.9 Å². The van der Waals surface area contributed by atoms with Gasteiger partial charge in [0, 0.05) is 0 Å². The molecule has 1 heterocycles. The Morgan fingerprint density at radius 2 is 2.25 bits per heavy atom. The van der Waals surface area contributed by atoms with Crippen molar-refractivity contribution < 1.29 is 22.7 Å². The number of hydrogen-bond donors (Lipinski definition) is 3. The Bertz CT molecular complexity index is 478. The fraction of sp³-hybridized carbons (Fsp3) is 0.375. The Kier molecular flexibility index (Phi) is 3.68. The summed E-state index contributed by atoms with van der Waals surface area (Å²) in [6.07, 6.45) is 0. The maximum atomic E-state index is 10.9. The Hall–Kier alpha value is -1.38. The Balaban J connectivity index is 2.64. The molecule has 4 N–H and O–H groups in total. The minimum Gasteiger partial charge on any atom is -0.480 e. The maximum Gasteiger partial charge on any atom is 0.320 e. The summed E-state index contributed by atoms with van der Waals surface area (Å²) in [5.74, 6) is -0.699. The van der Waals surface area contributed by atoms with Gasteiger partial charge >= 0.3 is 5.97 Å². The summed E-state index contributed by atoms with van der Waals surface area (Å²) in [5.41, 5.74) is 0. The van der Waals surface area contributed by atoms with Crippen LogP contribution in [0.25, 0.3) is 0 Å². The number of sulfonamides is 1. The second-order valence-electron chi connectivity index (χ2n) is 3.21. The molecule has 0 radical (unpaired) electrons. The number of carbonyl (C=O) groups is 1. The zero-order valence-electron chi connectivity index (χ0n) is 8.50. The fourth-order valence-electron chi connectivity index (χ4n) is 0.947. The average Bonchev–Trinajstić information content (AvgIpc) is 2.61. The summed E-state index contributed by atoms with van der Waals surface area (Å²) in [4.78, 5) is 10.5. The van der Waals surface area contributed by atoms with Gasteiger partial charge in [0.1, 0.15) is 11.8 Å². The van der Waals surface area contributed by atoms with Gasteiger partial charge in [-0.2, -0.15) is 0 Å². The third-order valence-corrected chi connectivity index (χ3v) is 2.65. The fourth-order valence-corrected chi connectivity index (χ4v) is 1.43. The van der Waals surface area contributed by atoms with E-state index in [1.165, 1.54) is 19.1 Å². The van der Waals surface area contributed by atoms with Crippen molar-refractivity contribution in [3.63, 3.8) is 0 Å². The van der Waals surface area contributed by atoms with Crippen LogP contribution in [0.3, 0.4) is 0 Å². The molecular weight excluding hydrogens is 236 g/mol. The summed E-state index contributed by atoms with van der Waals surface area (Å²) in [7, 11) is -3.85. The lowest BCUT2D eigenvalue weighted by molar-refractivity contribution is -0.139. The van der Waals surface area contributed by atoms with E-state index in [-0.39, 0.29) is 11.6 Å². The zero-order valence-corrected chi connectivity index (χ0v) is 9.32. The van der Waals surface area contributed by atoms with Crippen molar-refractivity contribution in [3.8, 4) is 0 Å². The molecule has 1 rings (SSSR count). The normalized spacial score (nSPS) is 13.6. The van der Waals surface area contributed by atoms with Crippen LogP contribution in [0.4, 0.5) is 0 Å². The van der Waals surface area contributed by atoms with E-state index in [1.54, 1.807) is 0 Å². The highest BCUT2D eigenvalue weighted by molar-refractivity contribution is 7.89. The van der Waals surface area contributed by atoms with Gasteiger partial charge in [-0.25, -0.2) is 13.6 Å². The molecule has 0 saturated heterocycles. The number of nitrogens with two attached hydrogens (primary N) is 1. The van der Waals surface area contributed by atoms with Crippen LogP contribution in [0.5, 0.6) is 0 Å². The summed E-state index contributed by atoms with van der Waals surface area (Å²) in [6, 6.07) is 1.89. The van der Waals surface area contributed by atoms with Crippen LogP contribution in [0, 0.1) is 0 Å². The number of furan rings is 1. The first-order chi connectivity index (χ1) is 7.30. The highest BCUT2D eigenvalue weighted by atomic mass is 32.2. The Labute approximate surface area is 92.3 Å². The maximum absolute atomic E-state index is 10.9. The molecule has 0 fully saturated rings. The van der Waals surface area contributed by atoms with Gasteiger partial charge < -0.3 is 9.52 Å². The highest BCUT2D eigenvalue weighted by Gasteiger charge is 2.14. The SMILES string of the molecule is CC(NCc1ccc(S(N)(=O)=O)o1)C(=O)O. The van der Waals surface area contributed by atoms with Crippen LogP contribution in [-0.4, -0.2) is 25.5 Å². The highest BCUT2D eigenvalue weighted by Crippen LogP contribution is 2.11. The average molecular weight is 248 g/mol. The molecule has 0 spiro atoms. The third-order valence-electron chi connectivity index (χ3n) is 1.87. The topological polar surface area (TPSA) is 123 Å². The largest absolute Gasteiger partial charge is 0.480 e. The number of nitrogens with one attached hydrogen (secondary N) is 1. The quantitative estimate of drug-likeness (QED) is 0.645. The first kappa shape index (κ1) is 12.7. The van der Waals surface area contributed by atoms with Crippen LogP contribution in [-0.2, 0) is 21.4 Å². The summed E-state index contributed by atoms with van der Waals surface area (Å²) in [6.45, 7) is 1.58. The van der Waals surface area contributed by atoms with E-state index in [4.69, 9.17) is 14.7 Å². The molecule has 0 amide bonds. The van der Waals surface area contributed by atoms with Crippen LogP contribution in [0.1, 0.15) is 12.7 Å². The molecule has 0 aromatic carbocycles. The molecule has 1 unspecified atom stereocenters. The first-order valence-corrected chi connectivity index (χ1v) is 5.93. The van der Waals surface area contributed by atoms with E-state index in [1.807, 2.05) is 0 Å². The van der Waals surface area contributed by atoms with E-state index in [2.05, 4.69) is 5.32 Å². The van der Waals surface area contributed by atoms with Crippen molar-refractivity contribution in [2.75, 3.05) is 0 Å². The van der Waals surface area contributed by atoms with Gasteiger partial charge in [0.2, 0.25) is 5.09 Å². The number of rotatable bonds is 5. The third kappa shape index (κ3) is 3.33. The molecule has 0 bridgehead atoms. The number of hydrogen-bond acceptors (Lipinski definition) is 5. The summed E-state index contributed by atoms with van der Waals surface area (Å²) >= 11 is 0. The van der Waals surface area contributed by atoms with Gasteiger partial charge in [0.15, 0.2) is 0 Å². The number of primary sulfonamides is 1. The number of carboxylic acid groups (broad SMARTS) is 1. The molecule has 0 saturated carbocycles. The van der Waals surface area contributed by atoms with Crippen molar-refractivity contribution in [2.24, 2.45) is 5.14 Å². The molecule has 1 aromatic rings. The van der Waals surface area contributed by atoms with E-state index >= 15 is 0 Å². The zero-order chi connectivity index (χ0) is 12.3. The van der Waals surface area contributed by atoms with Crippen LogP contribution in [0.15, 0.2) is 21.6 Å². The van der Waals surface area contributed by atoms with E-state index in [9.17, 15) is 13.2 Å². The Morgan fingerprint density at radius 3 is 2.69 bits per heavy atom. The smallest absolute Gasteiger partial charge is 0.320 e. The van der Waals surface area contributed by atoms with Crippen molar-refractivity contribution in [1.29, 1.82) is 0 Å². The van der Waals surface area contributed by atoms with Crippen LogP contribution >= 0.6 is 0 Å². The minimum atomic E-state index is -3.85. The molecule has 1 atom stereocenters. The number of carboxylic acids is 1. The standard InChI is InChI=1S/C8H12N2O5S/c1-5(8(11)12)10-4-6-2-3-7(15-6)16(9,13)14/h2-3,5,10H,4H2,1H3,(H,11,12)(H2,9,13,14). The van der Waals surface area contributed by atoms with Gasteiger partial charge in [-0.3, -0.25) is 10.1 Å². The lowest BCUT2D eigenvalue weighted by atomic mass is 10.3. The molecule has 8 heteroatoms. The van der Waals surface area contributed by atoms with E-state index < -0.39 is 22.0 Å². The van der Waals surface area contributed by atoms with E-state index in [0.29, 0.717) is 5.76 Å². The molecule has 0 aliphatic rings. The van der Waals surface area contributed by atoms with Crippen molar-refractivity contribution >= 4 is 16.0 Å². The van der Waals surface area contributed by atoms with Crippen molar-refractivity contribution in [2.45, 2.75) is 24.6 Å². The van der Waals surface area contributed by atoms with Gasteiger partial charge in [0.25, 0.3) is 10.0 Å². The minimum absolute atomic E-state index is 0.114. The molecule has 90 valence electrons. The van der Waals surface area contributed by atoms with Gasteiger partial charge in [-0.1, -0.05) is 0 Å². The van der Waals surface area contributed by atoms with Crippen LogP contribution in [0.2, 0.25) is 0 Å². The van der Waals surface area contributed by atoms with Crippen molar-refractivity contribution in [1.82, 2.24) is 5.32 Å². The monoisotopic (exact) mass is 248 g/mol. The Morgan fingerprint density at radius 1 is 1.62 bits per heavy atom. The lowest BCUT2D eigenvalue weighted by Crippen LogP contribution is -2.32. The first-order valence-electron chi connectivity index (χ1n) is 4.38. The molecule has 7 nitrogen and oxygen atoms in total. The second-order valence-corrected chi connectivity index (χ2v) is 4.70. The molecule has 0 aliphatic carbocycles. The van der Waals surface area contributed by atoms with Gasteiger partial charge in [0.05, 0.1) is 6.54 Å². The number of aliphatic carboxylic acids is 1. The second kappa shape index (κ2) is 4.64. The summed E-state index contributed by atoms with van der Waals surface area (Å²) < 4.78 is 26.6. The predicted molar refractivity (Wildman–Crippen MR) is 54.0 cm³/mol. The lowest BCUT2D eigenvalue weighted by Gasteiger charge is -2.06. The van der Waals surface area contributed by atoms with Gasteiger partial charge in [-0.05, 0) is 19.1 Å². The van der Waals surface area contributed by atoms with Gasteiger partial charge in [-0.15, -0.1) is 0 Å². The van der Waals surface area contributed by atoms with Crippen LogP contribution < -0.4 is 10.5 Å². The van der Waals surface area contributed by atoms with E-state index in [0.717, 1.165) is 0 Å².